The van der Waals surface area contributed by atoms with Gasteiger partial charge in [-0.1, -0.05) is 330 Å². The van der Waals surface area contributed by atoms with Crippen molar-refractivity contribution in [1.29, 1.82) is 0 Å². The van der Waals surface area contributed by atoms with Gasteiger partial charge in [0.25, 0.3) is 0 Å². The molecule has 0 aromatic carbocycles. The fourth-order valence-corrected chi connectivity index (χ4v) is 10.1. The first-order valence-electron chi connectivity index (χ1n) is 35.2. The molecule has 0 rings (SSSR count). The molecule has 472 valence electrons. The smallest absolute Gasteiger partial charge is 0.306 e. The van der Waals surface area contributed by atoms with E-state index in [-0.39, 0.29) is 37.5 Å². The number of ether oxygens (including phenoxy) is 3. The summed E-state index contributed by atoms with van der Waals surface area (Å²) in [6.45, 7) is 6.51. The van der Waals surface area contributed by atoms with Crippen LogP contribution < -0.4 is 0 Å². The van der Waals surface area contributed by atoms with Crippen LogP contribution in [-0.2, 0) is 28.6 Å². The molecule has 0 bridgehead atoms. The van der Waals surface area contributed by atoms with Gasteiger partial charge in [0.15, 0.2) is 6.10 Å². The van der Waals surface area contributed by atoms with Crippen LogP contribution in [-0.4, -0.2) is 37.2 Å². The highest BCUT2D eigenvalue weighted by Gasteiger charge is 2.19. The zero-order valence-electron chi connectivity index (χ0n) is 54.2. The van der Waals surface area contributed by atoms with E-state index in [0.29, 0.717) is 19.3 Å². The van der Waals surface area contributed by atoms with Crippen molar-refractivity contribution >= 4 is 17.9 Å². The van der Waals surface area contributed by atoms with Gasteiger partial charge in [0.05, 0.1) is 0 Å². The lowest BCUT2D eigenvalue weighted by Gasteiger charge is -2.18. The molecule has 0 aliphatic rings. The van der Waals surface area contributed by atoms with Crippen molar-refractivity contribution in [2.75, 3.05) is 13.2 Å². The van der Waals surface area contributed by atoms with Crippen molar-refractivity contribution in [2.24, 2.45) is 0 Å². The van der Waals surface area contributed by atoms with E-state index in [0.717, 1.165) is 89.9 Å². The third-order valence-electron chi connectivity index (χ3n) is 15.3. The minimum atomic E-state index is -0.802. The van der Waals surface area contributed by atoms with Gasteiger partial charge in [0.1, 0.15) is 13.2 Å². The van der Waals surface area contributed by atoms with E-state index in [2.05, 4.69) is 118 Å². The molecule has 0 radical (unpaired) electrons. The van der Waals surface area contributed by atoms with Crippen LogP contribution in [0.3, 0.4) is 0 Å². The average molecular weight is 1140 g/mol. The Bertz CT molecular complexity index is 1590. The summed E-state index contributed by atoms with van der Waals surface area (Å²) >= 11 is 0. The Balaban J connectivity index is 4.37. The van der Waals surface area contributed by atoms with E-state index in [4.69, 9.17) is 14.2 Å². The first kappa shape index (κ1) is 78.3. The molecule has 6 heteroatoms. The summed E-state index contributed by atoms with van der Waals surface area (Å²) in [7, 11) is 0. The maximum absolute atomic E-state index is 13.0. The largest absolute Gasteiger partial charge is 0.462 e. The zero-order valence-corrected chi connectivity index (χ0v) is 54.2. The molecule has 0 aromatic rings. The zero-order chi connectivity index (χ0) is 59.2. The summed E-state index contributed by atoms with van der Waals surface area (Å²) in [5.41, 5.74) is 0. The molecule has 0 spiro atoms. The van der Waals surface area contributed by atoms with Crippen LogP contribution in [0.4, 0.5) is 0 Å². The van der Waals surface area contributed by atoms with Gasteiger partial charge < -0.3 is 14.2 Å². The Morgan fingerprint density at radius 3 is 0.793 bits per heavy atom. The van der Waals surface area contributed by atoms with E-state index in [1.807, 2.05) is 0 Å². The summed E-state index contributed by atoms with van der Waals surface area (Å²) in [6.07, 6.45) is 94.4. The first-order chi connectivity index (χ1) is 40.5. The second kappa shape index (κ2) is 69.8. The molecule has 0 saturated heterocycles. The lowest BCUT2D eigenvalue weighted by molar-refractivity contribution is -0.167. The van der Waals surface area contributed by atoms with Gasteiger partial charge in [-0.2, -0.15) is 0 Å². The van der Waals surface area contributed by atoms with Gasteiger partial charge in [-0.25, -0.2) is 0 Å². The normalized spacial score (nSPS) is 12.7. The minimum absolute atomic E-state index is 0.0934. The predicted molar refractivity (Wildman–Crippen MR) is 357 cm³/mol. The van der Waals surface area contributed by atoms with Gasteiger partial charge in [0, 0.05) is 19.3 Å². The van der Waals surface area contributed by atoms with E-state index in [1.54, 1.807) is 0 Å². The number of hydrogen-bond acceptors (Lipinski definition) is 6. The lowest BCUT2D eigenvalue weighted by Crippen LogP contribution is -2.30. The first-order valence-corrected chi connectivity index (χ1v) is 35.2. The summed E-state index contributed by atoms with van der Waals surface area (Å²) in [5, 5.41) is 0. The summed E-state index contributed by atoms with van der Waals surface area (Å²) in [5.74, 6) is -0.938. The second-order valence-corrected chi connectivity index (χ2v) is 23.4. The molecule has 82 heavy (non-hydrogen) atoms. The van der Waals surface area contributed by atoms with Gasteiger partial charge >= 0.3 is 17.9 Å². The molecule has 0 aromatic heterocycles. The van der Waals surface area contributed by atoms with Crippen molar-refractivity contribution in [3.05, 3.63) is 97.2 Å². The molecule has 6 nitrogen and oxygen atoms in total. The van der Waals surface area contributed by atoms with E-state index < -0.39 is 6.10 Å². The molecule has 0 saturated carbocycles. The molecule has 0 aliphatic carbocycles. The van der Waals surface area contributed by atoms with Crippen LogP contribution in [0.25, 0.3) is 0 Å². The van der Waals surface area contributed by atoms with E-state index in [9.17, 15) is 14.4 Å². The molecular formula is C76H132O6. The minimum Gasteiger partial charge on any atom is -0.462 e. The van der Waals surface area contributed by atoms with E-state index >= 15 is 0 Å². The van der Waals surface area contributed by atoms with Crippen LogP contribution in [0.15, 0.2) is 97.2 Å². The average Bonchev–Trinajstić information content (AvgIpc) is 3.47. The van der Waals surface area contributed by atoms with Crippen LogP contribution in [0.5, 0.6) is 0 Å². The van der Waals surface area contributed by atoms with Crippen molar-refractivity contribution < 1.29 is 28.6 Å². The quantitative estimate of drug-likeness (QED) is 0.0261. The maximum Gasteiger partial charge on any atom is 0.306 e. The van der Waals surface area contributed by atoms with E-state index in [1.165, 1.54) is 212 Å². The number of rotatable bonds is 64. The molecule has 0 fully saturated rings. The number of carbonyl (C=O) groups is 3. The predicted octanol–water partition coefficient (Wildman–Crippen LogP) is 24.4. The highest BCUT2D eigenvalue weighted by atomic mass is 16.6. The molecule has 1 unspecified atom stereocenters. The standard InChI is InChI=1S/C76H132O6/c1-4-7-10-13-16-19-22-25-28-31-33-35-36-37-38-39-40-41-43-45-48-51-54-57-60-63-66-69-75(78)81-72-73(71-80-74(77)68-65-62-59-56-53-50-47-44-30-27-24-21-18-15-12-9-6-3)82-76(79)70-67-64-61-58-55-52-49-46-42-34-32-29-26-23-20-17-14-11-8-5-2/h9,12,18,21-22,25,27,30-31,33,36-37,47,50,56,59,73H,4-8,10-11,13-17,19-20,23-24,26,28-29,32,34-35,38-46,48-49,51-55,57-58,60-72H2,1-3H3/b12-9-,21-18-,25-22-,30-27-,33-31-,37-36-,50-47-,59-56-. The fraction of sp³-hybridized carbons (Fsp3) is 0.750. The SMILES string of the molecule is CC/C=C\C/C=C\C/C=C\C/C=C\C/C=C\CCCC(=O)OCC(COC(=O)CCCCCCCCCCCCCC/C=C\C/C=C\C/C=C\CCCCCCC)OC(=O)CCCCCCCCCCCCCCCCCCCCCC. The number of unbranched alkanes of at least 4 members (excludes halogenated alkanes) is 37. The number of carbonyl (C=O) groups excluding carboxylic acids is 3. The third kappa shape index (κ3) is 67.1. The topological polar surface area (TPSA) is 78.9 Å². The number of hydrogen-bond donors (Lipinski definition) is 0. The number of allylic oxidation sites excluding steroid dienone is 16. The van der Waals surface area contributed by atoms with Gasteiger partial charge in [-0.05, 0) is 96.3 Å². The lowest BCUT2D eigenvalue weighted by atomic mass is 10.0. The summed E-state index contributed by atoms with van der Waals surface area (Å²) < 4.78 is 16.9. The van der Waals surface area contributed by atoms with Gasteiger partial charge in [-0.3, -0.25) is 14.4 Å². The Labute approximate surface area is 508 Å². The summed E-state index contributed by atoms with van der Waals surface area (Å²) in [4.78, 5) is 38.4. The molecular weight excluding hydrogens is 1010 g/mol. The maximum atomic E-state index is 13.0. The van der Waals surface area contributed by atoms with Crippen LogP contribution in [0.2, 0.25) is 0 Å². The molecule has 0 N–H and O–H groups in total. The molecule has 0 amide bonds. The third-order valence-corrected chi connectivity index (χ3v) is 15.3. The van der Waals surface area contributed by atoms with Crippen LogP contribution >= 0.6 is 0 Å². The highest BCUT2D eigenvalue weighted by Crippen LogP contribution is 2.17. The van der Waals surface area contributed by atoms with Crippen LogP contribution in [0, 0.1) is 0 Å². The highest BCUT2D eigenvalue weighted by molar-refractivity contribution is 5.71. The molecule has 0 heterocycles. The number of esters is 3. The van der Waals surface area contributed by atoms with Crippen molar-refractivity contribution in [2.45, 2.75) is 354 Å². The van der Waals surface area contributed by atoms with Crippen molar-refractivity contribution in [1.82, 2.24) is 0 Å². The Kier molecular flexibility index (Phi) is 66.7. The Morgan fingerprint density at radius 2 is 0.488 bits per heavy atom. The fourth-order valence-electron chi connectivity index (χ4n) is 10.1. The van der Waals surface area contributed by atoms with Crippen molar-refractivity contribution in [3.63, 3.8) is 0 Å². The van der Waals surface area contributed by atoms with Crippen molar-refractivity contribution in [3.8, 4) is 0 Å². The second-order valence-electron chi connectivity index (χ2n) is 23.4. The van der Waals surface area contributed by atoms with Gasteiger partial charge in [0.2, 0.25) is 0 Å². The monoisotopic (exact) mass is 1140 g/mol. The Morgan fingerprint density at radius 1 is 0.256 bits per heavy atom. The molecule has 1 atom stereocenters. The van der Waals surface area contributed by atoms with Gasteiger partial charge in [-0.15, -0.1) is 0 Å². The Hall–Kier alpha value is -3.67. The molecule has 0 aliphatic heterocycles. The summed E-state index contributed by atoms with van der Waals surface area (Å²) in [6, 6.07) is 0. The van der Waals surface area contributed by atoms with Crippen LogP contribution in [0.1, 0.15) is 348 Å².